The number of aromatic nitrogens is 5. The zero-order valence-corrected chi connectivity index (χ0v) is 18.2. The molecule has 6 aromatic rings. The van der Waals surface area contributed by atoms with Gasteiger partial charge in [-0.2, -0.15) is 0 Å². The number of hydrogen-bond donors (Lipinski definition) is 0. The topological polar surface area (TPSA) is 64.5 Å². The van der Waals surface area contributed by atoms with Gasteiger partial charge in [0.2, 0.25) is 0 Å². The highest BCUT2D eigenvalue weighted by atomic mass is 14.9. The van der Waals surface area contributed by atoms with Crippen LogP contribution >= 0.6 is 0 Å². The van der Waals surface area contributed by atoms with Gasteiger partial charge in [0, 0.05) is 46.9 Å². The molecule has 0 spiro atoms. The monoisotopic (exact) mass is 437 g/mol. The second-order valence-electron chi connectivity index (χ2n) is 7.90. The zero-order chi connectivity index (χ0) is 22.7. The molecule has 0 N–H and O–H groups in total. The van der Waals surface area contributed by atoms with Crippen LogP contribution < -0.4 is 0 Å². The Hall–Kier alpha value is -4.77. The van der Waals surface area contributed by atoms with Gasteiger partial charge < -0.3 is 0 Å². The van der Waals surface area contributed by atoms with E-state index >= 15 is 0 Å². The molecule has 0 aliphatic heterocycles. The Morgan fingerprint density at radius 3 is 2.15 bits per heavy atom. The van der Waals surface area contributed by atoms with E-state index in [0.717, 1.165) is 50.1 Å². The Labute approximate surface area is 196 Å². The van der Waals surface area contributed by atoms with E-state index in [1.54, 1.807) is 18.6 Å². The summed E-state index contributed by atoms with van der Waals surface area (Å²) in [5.74, 6) is 0.699. The van der Waals surface area contributed by atoms with Gasteiger partial charge in [0.15, 0.2) is 5.82 Å². The normalized spacial score (nSPS) is 10.9. The lowest BCUT2D eigenvalue weighted by molar-refractivity contribution is 1.20. The summed E-state index contributed by atoms with van der Waals surface area (Å²) in [6.45, 7) is 0. The van der Waals surface area contributed by atoms with Gasteiger partial charge in [-0.15, -0.1) is 0 Å². The zero-order valence-electron chi connectivity index (χ0n) is 18.2. The predicted molar refractivity (Wildman–Crippen MR) is 135 cm³/mol. The smallest absolute Gasteiger partial charge is 0.160 e. The molecule has 3 aromatic carbocycles. The van der Waals surface area contributed by atoms with Crippen molar-refractivity contribution < 1.29 is 0 Å². The Morgan fingerprint density at radius 1 is 0.500 bits per heavy atom. The molecule has 0 saturated carbocycles. The summed E-state index contributed by atoms with van der Waals surface area (Å²) in [6.07, 6.45) is 8.76. The van der Waals surface area contributed by atoms with Gasteiger partial charge in [0.1, 0.15) is 0 Å². The molecule has 6 rings (SSSR count). The van der Waals surface area contributed by atoms with Gasteiger partial charge in [-0.3, -0.25) is 15.0 Å². The molecule has 0 bridgehead atoms. The minimum Gasteiger partial charge on any atom is -0.265 e. The highest BCUT2D eigenvalue weighted by molar-refractivity contribution is 5.96. The minimum absolute atomic E-state index is 0.699. The lowest BCUT2D eigenvalue weighted by Crippen LogP contribution is -1.96. The molecule has 0 amide bonds. The fourth-order valence-electron chi connectivity index (χ4n) is 4.06. The number of rotatable bonds is 4. The van der Waals surface area contributed by atoms with E-state index in [2.05, 4.69) is 45.3 Å². The third-order valence-electron chi connectivity index (χ3n) is 5.74. The molecule has 0 radical (unpaired) electrons. The van der Waals surface area contributed by atoms with Crippen LogP contribution in [-0.2, 0) is 0 Å². The summed E-state index contributed by atoms with van der Waals surface area (Å²) >= 11 is 0. The Bertz CT molecular complexity index is 1580. The van der Waals surface area contributed by atoms with Crippen molar-refractivity contribution in [3.63, 3.8) is 0 Å². The SMILES string of the molecule is c1ccc(-c2nc(-c3cccc(-c4ccncc4)c3)c3cc(-c4cnccn4)ccc3n2)cc1. The summed E-state index contributed by atoms with van der Waals surface area (Å²) in [5, 5.41) is 0.967. The van der Waals surface area contributed by atoms with Gasteiger partial charge in [0.25, 0.3) is 0 Å². The van der Waals surface area contributed by atoms with Crippen LogP contribution in [0.1, 0.15) is 0 Å². The van der Waals surface area contributed by atoms with E-state index in [1.807, 2.05) is 67.0 Å². The van der Waals surface area contributed by atoms with Crippen molar-refractivity contribution in [2.24, 2.45) is 0 Å². The van der Waals surface area contributed by atoms with Crippen molar-refractivity contribution >= 4 is 10.9 Å². The van der Waals surface area contributed by atoms with E-state index in [0.29, 0.717) is 5.82 Å². The van der Waals surface area contributed by atoms with E-state index in [9.17, 15) is 0 Å². The molecule has 0 unspecified atom stereocenters. The van der Waals surface area contributed by atoms with Crippen LogP contribution in [0.2, 0.25) is 0 Å². The van der Waals surface area contributed by atoms with E-state index in [1.165, 1.54) is 0 Å². The van der Waals surface area contributed by atoms with Crippen LogP contribution in [0, 0.1) is 0 Å². The minimum atomic E-state index is 0.699. The quantitative estimate of drug-likeness (QED) is 0.316. The van der Waals surface area contributed by atoms with Crippen LogP contribution in [0.4, 0.5) is 0 Å². The molecule has 3 heterocycles. The van der Waals surface area contributed by atoms with E-state index in [-0.39, 0.29) is 0 Å². The van der Waals surface area contributed by atoms with Crippen molar-refractivity contribution in [2.45, 2.75) is 0 Å². The van der Waals surface area contributed by atoms with Gasteiger partial charge >= 0.3 is 0 Å². The Kier molecular flexibility index (Phi) is 5.05. The molecule has 0 fully saturated rings. The van der Waals surface area contributed by atoms with Crippen LogP contribution in [0.25, 0.3) is 55.9 Å². The van der Waals surface area contributed by atoms with Gasteiger partial charge in [-0.05, 0) is 41.5 Å². The third-order valence-corrected chi connectivity index (χ3v) is 5.74. The number of fused-ring (bicyclic) bond motifs is 1. The standard InChI is InChI=1S/C29H19N5/c1-2-5-21(6-3-1)29-33-26-10-9-23(27-19-31-15-16-32-27)18-25(26)28(34-29)24-8-4-7-22(17-24)20-11-13-30-14-12-20/h1-19H. The second-order valence-corrected chi connectivity index (χ2v) is 7.90. The summed E-state index contributed by atoms with van der Waals surface area (Å²) in [5.41, 5.74) is 7.77. The fraction of sp³-hybridized carbons (Fsp3) is 0. The molecule has 5 heteroatoms. The summed E-state index contributed by atoms with van der Waals surface area (Å²) in [7, 11) is 0. The van der Waals surface area contributed by atoms with Crippen LogP contribution in [0.5, 0.6) is 0 Å². The average Bonchev–Trinajstić information content (AvgIpc) is 2.93. The molecule has 34 heavy (non-hydrogen) atoms. The van der Waals surface area contributed by atoms with Gasteiger partial charge in [-0.1, -0.05) is 54.6 Å². The number of benzene rings is 3. The molecule has 0 aliphatic rings. The third kappa shape index (κ3) is 3.80. The van der Waals surface area contributed by atoms with Crippen molar-refractivity contribution in [1.29, 1.82) is 0 Å². The summed E-state index contributed by atoms with van der Waals surface area (Å²) in [6, 6.07) is 28.7. The van der Waals surface area contributed by atoms with Crippen LogP contribution in [0.3, 0.4) is 0 Å². The van der Waals surface area contributed by atoms with Crippen LogP contribution in [0.15, 0.2) is 116 Å². The molecule has 160 valence electrons. The lowest BCUT2D eigenvalue weighted by atomic mass is 9.99. The average molecular weight is 438 g/mol. The highest BCUT2D eigenvalue weighted by Crippen LogP contribution is 2.33. The molecular formula is C29H19N5. The number of pyridine rings is 1. The van der Waals surface area contributed by atoms with Gasteiger partial charge in [0.05, 0.1) is 23.1 Å². The lowest BCUT2D eigenvalue weighted by Gasteiger charge is -2.12. The Morgan fingerprint density at radius 2 is 1.32 bits per heavy atom. The first-order valence-electron chi connectivity index (χ1n) is 11.0. The first-order valence-corrected chi connectivity index (χ1v) is 11.0. The van der Waals surface area contributed by atoms with Crippen molar-refractivity contribution in [1.82, 2.24) is 24.9 Å². The van der Waals surface area contributed by atoms with Crippen molar-refractivity contribution in [3.8, 4) is 45.0 Å². The van der Waals surface area contributed by atoms with E-state index in [4.69, 9.17) is 9.97 Å². The van der Waals surface area contributed by atoms with Crippen molar-refractivity contribution in [2.75, 3.05) is 0 Å². The maximum absolute atomic E-state index is 5.05. The molecule has 0 aliphatic carbocycles. The molecule has 0 saturated heterocycles. The summed E-state index contributed by atoms with van der Waals surface area (Å²) in [4.78, 5) is 22.8. The molecule has 3 aromatic heterocycles. The molecular weight excluding hydrogens is 418 g/mol. The first kappa shape index (κ1) is 19.9. The first-order chi connectivity index (χ1) is 16.8. The molecule has 0 atom stereocenters. The van der Waals surface area contributed by atoms with E-state index < -0.39 is 0 Å². The molecule has 5 nitrogen and oxygen atoms in total. The number of nitrogens with zero attached hydrogens (tertiary/aromatic N) is 5. The van der Waals surface area contributed by atoms with Crippen molar-refractivity contribution in [3.05, 3.63) is 116 Å². The Balaban J connectivity index is 1.59. The maximum Gasteiger partial charge on any atom is 0.160 e. The number of hydrogen-bond acceptors (Lipinski definition) is 5. The summed E-state index contributed by atoms with van der Waals surface area (Å²) < 4.78 is 0. The second kappa shape index (κ2) is 8.64. The predicted octanol–water partition coefficient (Wildman–Crippen LogP) is 6.48. The van der Waals surface area contributed by atoms with Crippen LogP contribution in [-0.4, -0.2) is 24.9 Å². The fourth-order valence-corrected chi connectivity index (χ4v) is 4.06. The largest absolute Gasteiger partial charge is 0.265 e. The van der Waals surface area contributed by atoms with Gasteiger partial charge in [-0.25, -0.2) is 9.97 Å². The maximum atomic E-state index is 5.05. The highest BCUT2D eigenvalue weighted by Gasteiger charge is 2.14.